The molecule has 1 amide bonds. The highest BCUT2D eigenvalue weighted by molar-refractivity contribution is 7.10. The predicted octanol–water partition coefficient (Wildman–Crippen LogP) is 2.80. The van der Waals surface area contributed by atoms with E-state index >= 15 is 0 Å². The first-order valence-corrected chi connectivity index (χ1v) is 7.45. The number of ether oxygens (including phenoxy) is 1. The van der Waals surface area contributed by atoms with Crippen molar-refractivity contribution in [2.24, 2.45) is 0 Å². The number of para-hydroxylation sites is 2. The van der Waals surface area contributed by atoms with E-state index < -0.39 is 6.10 Å². The van der Waals surface area contributed by atoms with E-state index in [4.69, 9.17) is 4.74 Å². The van der Waals surface area contributed by atoms with Crippen molar-refractivity contribution in [1.29, 1.82) is 0 Å². The topological polar surface area (TPSA) is 50.4 Å². The van der Waals surface area contributed by atoms with Gasteiger partial charge in [0, 0.05) is 4.88 Å². The predicted molar refractivity (Wildman–Crippen MR) is 80.2 cm³/mol. The van der Waals surface area contributed by atoms with E-state index in [2.05, 4.69) is 10.6 Å². The summed E-state index contributed by atoms with van der Waals surface area (Å²) in [5.41, 5.74) is 0.933. The molecule has 3 rings (SSSR count). The van der Waals surface area contributed by atoms with Crippen LogP contribution >= 0.6 is 11.3 Å². The zero-order chi connectivity index (χ0) is 13.9. The zero-order valence-electron chi connectivity index (χ0n) is 11.1. The quantitative estimate of drug-likeness (QED) is 0.913. The van der Waals surface area contributed by atoms with Crippen LogP contribution in [0.25, 0.3) is 0 Å². The lowest BCUT2D eigenvalue weighted by Gasteiger charge is -2.27. The van der Waals surface area contributed by atoms with E-state index in [1.54, 1.807) is 11.3 Å². The fourth-order valence-corrected chi connectivity index (χ4v) is 2.91. The first-order chi connectivity index (χ1) is 9.74. The largest absolute Gasteiger partial charge is 0.477 e. The van der Waals surface area contributed by atoms with E-state index in [9.17, 15) is 4.79 Å². The molecule has 2 atom stereocenters. The number of carbonyl (C=O) groups excluding carboxylic acids is 1. The highest BCUT2D eigenvalue weighted by atomic mass is 32.1. The fourth-order valence-electron chi connectivity index (χ4n) is 2.17. The second kappa shape index (κ2) is 5.54. The summed E-state index contributed by atoms with van der Waals surface area (Å²) >= 11 is 1.64. The standard InChI is InChI=1S/C15H16N2O2S/c1-10(14-7-4-8-20-14)17-15(18)13-9-16-11-5-2-3-6-12(11)19-13/h2-8,10,13,16H,9H2,1H3,(H,17,18)/t10-,13?/m0/s1. The Morgan fingerprint density at radius 2 is 2.25 bits per heavy atom. The van der Waals surface area contributed by atoms with Crippen molar-refractivity contribution < 1.29 is 9.53 Å². The van der Waals surface area contributed by atoms with Crippen LogP contribution in [0.5, 0.6) is 5.75 Å². The van der Waals surface area contributed by atoms with Crippen LogP contribution in [-0.4, -0.2) is 18.6 Å². The molecule has 0 fully saturated rings. The Balaban J connectivity index is 1.64. The monoisotopic (exact) mass is 288 g/mol. The first kappa shape index (κ1) is 13.0. The molecule has 0 aliphatic carbocycles. The number of carbonyl (C=O) groups is 1. The number of fused-ring (bicyclic) bond motifs is 1. The number of hydrogen-bond donors (Lipinski definition) is 2. The number of amides is 1. The number of rotatable bonds is 3. The van der Waals surface area contributed by atoms with Crippen LogP contribution in [0.4, 0.5) is 5.69 Å². The van der Waals surface area contributed by atoms with Crippen LogP contribution in [-0.2, 0) is 4.79 Å². The minimum absolute atomic E-state index is 0.00303. The molecule has 5 heteroatoms. The van der Waals surface area contributed by atoms with E-state index in [1.807, 2.05) is 48.7 Å². The van der Waals surface area contributed by atoms with Crippen LogP contribution in [0, 0.1) is 0 Å². The molecule has 0 saturated heterocycles. The summed E-state index contributed by atoms with van der Waals surface area (Å²) in [6.07, 6.45) is -0.493. The van der Waals surface area contributed by atoms with Gasteiger partial charge in [-0.3, -0.25) is 4.79 Å². The summed E-state index contributed by atoms with van der Waals surface area (Å²) in [5, 5.41) is 8.21. The van der Waals surface area contributed by atoms with E-state index in [1.165, 1.54) is 0 Å². The average Bonchev–Trinajstić information content (AvgIpc) is 3.01. The normalized spacial score (nSPS) is 18.4. The van der Waals surface area contributed by atoms with Crippen LogP contribution in [0.2, 0.25) is 0 Å². The third-order valence-corrected chi connectivity index (χ3v) is 4.31. The second-order valence-corrected chi connectivity index (χ2v) is 5.71. The lowest BCUT2D eigenvalue weighted by Crippen LogP contribution is -2.45. The number of anilines is 1. The molecule has 4 nitrogen and oxygen atoms in total. The second-order valence-electron chi connectivity index (χ2n) is 4.73. The maximum atomic E-state index is 12.2. The van der Waals surface area contributed by atoms with Gasteiger partial charge in [0.15, 0.2) is 6.10 Å². The summed E-state index contributed by atoms with van der Waals surface area (Å²) in [4.78, 5) is 13.4. The molecule has 2 heterocycles. The fraction of sp³-hybridized carbons (Fsp3) is 0.267. The zero-order valence-corrected chi connectivity index (χ0v) is 11.9. The minimum atomic E-state index is -0.493. The smallest absolute Gasteiger partial charge is 0.263 e. The van der Waals surface area contributed by atoms with Gasteiger partial charge in [-0.05, 0) is 30.5 Å². The van der Waals surface area contributed by atoms with Crippen molar-refractivity contribution >= 4 is 22.9 Å². The molecular formula is C15H16N2O2S. The van der Waals surface area contributed by atoms with Crippen LogP contribution < -0.4 is 15.4 Å². The summed E-state index contributed by atoms with van der Waals surface area (Å²) in [6, 6.07) is 11.7. The van der Waals surface area contributed by atoms with E-state index in [0.717, 1.165) is 16.3 Å². The summed E-state index contributed by atoms with van der Waals surface area (Å²) in [7, 11) is 0. The van der Waals surface area contributed by atoms with Crippen molar-refractivity contribution in [1.82, 2.24) is 5.32 Å². The molecule has 0 bridgehead atoms. The van der Waals surface area contributed by atoms with Crippen LogP contribution in [0.1, 0.15) is 17.8 Å². The Morgan fingerprint density at radius 1 is 1.40 bits per heavy atom. The Labute approximate surface area is 121 Å². The maximum absolute atomic E-state index is 12.2. The molecule has 0 radical (unpaired) electrons. The maximum Gasteiger partial charge on any atom is 0.263 e. The highest BCUT2D eigenvalue weighted by Gasteiger charge is 2.26. The van der Waals surface area contributed by atoms with Gasteiger partial charge in [0.1, 0.15) is 5.75 Å². The van der Waals surface area contributed by atoms with Gasteiger partial charge in [0.2, 0.25) is 0 Å². The van der Waals surface area contributed by atoms with E-state index in [-0.39, 0.29) is 11.9 Å². The van der Waals surface area contributed by atoms with Crippen molar-refractivity contribution in [2.75, 3.05) is 11.9 Å². The van der Waals surface area contributed by atoms with E-state index in [0.29, 0.717) is 6.54 Å². The molecule has 1 aliphatic heterocycles. The van der Waals surface area contributed by atoms with Crippen molar-refractivity contribution in [2.45, 2.75) is 19.1 Å². The lowest BCUT2D eigenvalue weighted by molar-refractivity contribution is -0.128. The number of benzene rings is 1. The average molecular weight is 288 g/mol. The lowest BCUT2D eigenvalue weighted by atomic mass is 10.2. The van der Waals surface area contributed by atoms with Gasteiger partial charge in [-0.2, -0.15) is 0 Å². The molecule has 104 valence electrons. The van der Waals surface area contributed by atoms with Crippen LogP contribution in [0.3, 0.4) is 0 Å². The summed E-state index contributed by atoms with van der Waals surface area (Å²) < 4.78 is 5.74. The molecule has 1 aliphatic rings. The van der Waals surface area contributed by atoms with Gasteiger partial charge in [0.05, 0.1) is 18.3 Å². The molecule has 2 N–H and O–H groups in total. The summed E-state index contributed by atoms with van der Waals surface area (Å²) in [5.74, 6) is 0.635. The van der Waals surface area contributed by atoms with Gasteiger partial charge in [0.25, 0.3) is 5.91 Å². The molecular weight excluding hydrogens is 272 g/mol. The molecule has 1 aromatic heterocycles. The molecule has 1 aromatic carbocycles. The Morgan fingerprint density at radius 3 is 3.05 bits per heavy atom. The Kier molecular flexibility index (Phi) is 3.60. The van der Waals surface area contributed by atoms with Crippen LogP contribution in [0.15, 0.2) is 41.8 Å². The molecule has 2 aromatic rings. The highest BCUT2D eigenvalue weighted by Crippen LogP contribution is 2.28. The third-order valence-electron chi connectivity index (χ3n) is 3.26. The van der Waals surface area contributed by atoms with Gasteiger partial charge in [-0.15, -0.1) is 11.3 Å². The number of nitrogens with one attached hydrogen (secondary N) is 2. The first-order valence-electron chi connectivity index (χ1n) is 6.57. The van der Waals surface area contributed by atoms with Crippen molar-refractivity contribution in [3.05, 3.63) is 46.7 Å². The van der Waals surface area contributed by atoms with Gasteiger partial charge in [-0.25, -0.2) is 0 Å². The molecule has 0 saturated carbocycles. The van der Waals surface area contributed by atoms with Gasteiger partial charge >= 0.3 is 0 Å². The number of thiophene rings is 1. The van der Waals surface area contributed by atoms with Gasteiger partial charge in [-0.1, -0.05) is 18.2 Å². The SMILES string of the molecule is C[C@H](NC(=O)C1CNc2ccccc2O1)c1cccs1. The molecule has 1 unspecified atom stereocenters. The Bertz CT molecular complexity index is 598. The van der Waals surface area contributed by atoms with Crippen molar-refractivity contribution in [3.8, 4) is 5.75 Å². The summed E-state index contributed by atoms with van der Waals surface area (Å²) in [6.45, 7) is 2.47. The third kappa shape index (κ3) is 2.63. The number of hydrogen-bond acceptors (Lipinski definition) is 4. The van der Waals surface area contributed by atoms with Crippen molar-refractivity contribution in [3.63, 3.8) is 0 Å². The van der Waals surface area contributed by atoms with Gasteiger partial charge < -0.3 is 15.4 Å². The Hall–Kier alpha value is -2.01. The molecule has 20 heavy (non-hydrogen) atoms. The molecule has 0 spiro atoms. The minimum Gasteiger partial charge on any atom is -0.477 e.